The van der Waals surface area contributed by atoms with Gasteiger partial charge in [0.25, 0.3) is 0 Å². The highest BCUT2D eigenvalue weighted by Crippen LogP contribution is 2.48. The molecule has 2 unspecified atom stereocenters. The normalized spacial score (nSPS) is 30.1. The van der Waals surface area contributed by atoms with Gasteiger partial charge in [0, 0.05) is 29.2 Å². The molecule has 19 heavy (non-hydrogen) atoms. The van der Waals surface area contributed by atoms with Crippen LogP contribution in [0.5, 0.6) is 0 Å². The number of anilines is 1. The largest absolute Gasteiger partial charge is 0.324 e. The van der Waals surface area contributed by atoms with Crippen LogP contribution in [-0.2, 0) is 4.79 Å². The fourth-order valence-electron chi connectivity index (χ4n) is 3.36. The Balaban J connectivity index is 2.13. The van der Waals surface area contributed by atoms with Crippen molar-refractivity contribution < 1.29 is 4.79 Å². The summed E-state index contributed by atoms with van der Waals surface area (Å²) >= 11 is 3.49. The van der Waals surface area contributed by atoms with E-state index in [-0.39, 0.29) is 18.0 Å². The molecule has 0 spiro atoms. The van der Waals surface area contributed by atoms with Crippen molar-refractivity contribution >= 4 is 27.5 Å². The minimum absolute atomic E-state index is 0.00806. The van der Waals surface area contributed by atoms with Crippen molar-refractivity contribution in [3.05, 3.63) is 28.2 Å². The standard InChI is InChI=1S/C15H19BrN2O/c1-8-14(17)12-7-11(16)5-6-13(12)18(9(2)19)15(8)10-3-4-10/h5-8,10,14-15H,3-4,17H2,1-2H3/t8?,14-,15?/m1/s1. The Hall–Kier alpha value is -0.870. The van der Waals surface area contributed by atoms with E-state index in [0.717, 1.165) is 15.7 Å². The van der Waals surface area contributed by atoms with Crippen molar-refractivity contribution in [2.24, 2.45) is 17.6 Å². The molecule has 1 saturated carbocycles. The van der Waals surface area contributed by atoms with Crippen LogP contribution in [0.1, 0.15) is 38.3 Å². The highest BCUT2D eigenvalue weighted by molar-refractivity contribution is 9.10. The number of hydrogen-bond donors (Lipinski definition) is 1. The number of nitrogens with zero attached hydrogens (tertiary/aromatic N) is 1. The van der Waals surface area contributed by atoms with Gasteiger partial charge in [0.1, 0.15) is 0 Å². The first-order valence-electron chi connectivity index (χ1n) is 6.85. The molecule has 1 aromatic rings. The maximum atomic E-state index is 12.1. The summed E-state index contributed by atoms with van der Waals surface area (Å²) in [6, 6.07) is 6.33. The smallest absolute Gasteiger partial charge is 0.224 e. The molecule has 1 aliphatic carbocycles. The van der Waals surface area contributed by atoms with Gasteiger partial charge < -0.3 is 10.6 Å². The van der Waals surface area contributed by atoms with E-state index in [1.165, 1.54) is 12.8 Å². The second-order valence-corrected chi connectivity index (χ2v) is 6.72. The summed E-state index contributed by atoms with van der Waals surface area (Å²) in [5, 5.41) is 0. The van der Waals surface area contributed by atoms with E-state index in [9.17, 15) is 4.79 Å². The average molecular weight is 323 g/mol. The van der Waals surface area contributed by atoms with E-state index in [4.69, 9.17) is 5.73 Å². The third-order valence-electron chi connectivity index (χ3n) is 4.46. The summed E-state index contributed by atoms with van der Waals surface area (Å²) in [4.78, 5) is 14.1. The van der Waals surface area contributed by atoms with E-state index in [1.807, 2.05) is 17.0 Å². The first kappa shape index (κ1) is 13.1. The van der Waals surface area contributed by atoms with Gasteiger partial charge >= 0.3 is 0 Å². The van der Waals surface area contributed by atoms with E-state index >= 15 is 0 Å². The van der Waals surface area contributed by atoms with Crippen LogP contribution in [0.2, 0.25) is 0 Å². The number of carbonyl (C=O) groups excluding carboxylic acids is 1. The molecule has 2 aliphatic rings. The van der Waals surface area contributed by atoms with Gasteiger partial charge in [0.2, 0.25) is 5.91 Å². The maximum Gasteiger partial charge on any atom is 0.224 e. The molecule has 0 radical (unpaired) electrons. The van der Waals surface area contributed by atoms with Crippen LogP contribution in [0, 0.1) is 11.8 Å². The third-order valence-corrected chi connectivity index (χ3v) is 4.95. The third kappa shape index (κ3) is 2.11. The number of halogens is 1. The predicted molar refractivity (Wildman–Crippen MR) is 79.9 cm³/mol. The lowest BCUT2D eigenvalue weighted by Gasteiger charge is -2.44. The summed E-state index contributed by atoms with van der Waals surface area (Å²) < 4.78 is 1.02. The molecular weight excluding hydrogens is 304 g/mol. The van der Waals surface area contributed by atoms with Gasteiger partial charge in [0.15, 0.2) is 0 Å². The second kappa shape index (κ2) is 4.60. The van der Waals surface area contributed by atoms with Crippen molar-refractivity contribution in [1.82, 2.24) is 0 Å². The predicted octanol–water partition coefficient (Wildman–Crippen LogP) is 3.23. The van der Waals surface area contributed by atoms with Crippen LogP contribution in [0.3, 0.4) is 0 Å². The zero-order chi connectivity index (χ0) is 13.7. The van der Waals surface area contributed by atoms with E-state index in [0.29, 0.717) is 11.8 Å². The average Bonchev–Trinajstić information content (AvgIpc) is 3.17. The first-order valence-corrected chi connectivity index (χ1v) is 7.65. The number of hydrogen-bond acceptors (Lipinski definition) is 2. The van der Waals surface area contributed by atoms with Crippen LogP contribution in [0.15, 0.2) is 22.7 Å². The molecule has 3 rings (SSSR count). The molecule has 0 bridgehead atoms. The van der Waals surface area contributed by atoms with Crippen LogP contribution >= 0.6 is 15.9 Å². The number of fused-ring (bicyclic) bond motifs is 1. The fourth-order valence-corrected chi connectivity index (χ4v) is 3.74. The molecule has 3 nitrogen and oxygen atoms in total. The van der Waals surface area contributed by atoms with E-state index in [1.54, 1.807) is 6.92 Å². The minimum Gasteiger partial charge on any atom is -0.324 e. The van der Waals surface area contributed by atoms with Crippen molar-refractivity contribution in [3.63, 3.8) is 0 Å². The molecule has 1 aliphatic heterocycles. The van der Waals surface area contributed by atoms with Crippen LogP contribution < -0.4 is 10.6 Å². The number of carbonyl (C=O) groups is 1. The summed E-state index contributed by atoms with van der Waals surface area (Å²) in [6.07, 6.45) is 2.44. The molecule has 0 saturated heterocycles. The Morgan fingerprint density at radius 2 is 2.11 bits per heavy atom. The Morgan fingerprint density at radius 1 is 1.42 bits per heavy atom. The maximum absolute atomic E-state index is 12.1. The van der Waals surface area contributed by atoms with Gasteiger partial charge in [-0.3, -0.25) is 4.79 Å². The Labute approximate surface area is 122 Å². The molecule has 1 heterocycles. The summed E-state index contributed by atoms with van der Waals surface area (Å²) in [6.45, 7) is 3.83. The Kier molecular flexibility index (Phi) is 3.18. The lowest BCUT2D eigenvalue weighted by atomic mass is 9.80. The summed E-state index contributed by atoms with van der Waals surface area (Å²) in [5.74, 6) is 1.05. The molecule has 3 atom stereocenters. The summed E-state index contributed by atoms with van der Waals surface area (Å²) in [5.41, 5.74) is 8.49. The molecule has 1 amide bonds. The van der Waals surface area contributed by atoms with E-state index < -0.39 is 0 Å². The highest BCUT2D eigenvalue weighted by atomic mass is 79.9. The molecule has 1 fully saturated rings. The van der Waals surface area contributed by atoms with Gasteiger partial charge in [-0.05, 0) is 48.4 Å². The zero-order valence-electron chi connectivity index (χ0n) is 11.3. The van der Waals surface area contributed by atoms with E-state index in [2.05, 4.69) is 28.9 Å². The molecular formula is C15H19BrN2O. The Morgan fingerprint density at radius 3 is 2.68 bits per heavy atom. The van der Waals surface area contributed by atoms with Gasteiger partial charge in [-0.25, -0.2) is 0 Å². The SMILES string of the molecule is CC(=O)N1c2ccc(Br)cc2[C@H](N)C(C)C1C1CC1. The van der Waals surface area contributed by atoms with Gasteiger partial charge in [0.05, 0.1) is 0 Å². The monoisotopic (exact) mass is 322 g/mol. The molecule has 1 aromatic carbocycles. The number of rotatable bonds is 1. The Bertz CT molecular complexity index is 527. The number of nitrogens with two attached hydrogens (primary N) is 1. The van der Waals surface area contributed by atoms with Crippen molar-refractivity contribution in [2.75, 3.05) is 4.90 Å². The minimum atomic E-state index is 0.00806. The van der Waals surface area contributed by atoms with Gasteiger partial charge in [-0.2, -0.15) is 0 Å². The first-order chi connectivity index (χ1) is 9.00. The highest BCUT2D eigenvalue weighted by Gasteiger charge is 2.46. The molecule has 0 aromatic heterocycles. The fraction of sp³-hybridized carbons (Fsp3) is 0.533. The van der Waals surface area contributed by atoms with Crippen LogP contribution in [-0.4, -0.2) is 11.9 Å². The topological polar surface area (TPSA) is 46.3 Å². The number of amides is 1. The molecule has 102 valence electrons. The van der Waals surface area contributed by atoms with Gasteiger partial charge in [-0.1, -0.05) is 22.9 Å². The number of benzene rings is 1. The second-order valence-electron chi connectivity index (χ2n) is 5.81. The quantitative estimate of drug-likeness (QED) is 0.862. The van der Waals surface area contributed by atoms with Crippen molar-refractivity contribution in [2.45, 2.75) is 38.8 Å². The lowest BCUT2D eigenvalue weighted by molar-refractivity contribution is -0.117. The zero-order valence-corrected chi connectivity index (χ0v) is 12.9. The summed E-state index contributed by atoms with van der Waals surface area (Å²) in [7, 11) is 0. The lowest BCUT2D eigenvalue weighted by Crippen LogP contribution is -2.51. The van der Waals surface area contributed by atoms with Crippen molar-refractivity contribution in [1.29, 1.82) is 0 Å². The molecule has 4 heteroatoms. The molecule has 2 N–H and O–H groups in total. The van der Waals surface area contributed by atoms with Gasteiger partial charge in [-0.15, -0.1) is 0 Å². The van der Waals surface area contributed by atoms with Crippen LogP contribution in [0.25, 0.3) is 0 Å². The van der Waals surface area contributed by atoms with Crippen LogP contribution in [0.4, 0.5) is 5.69 Å². The van der Waals surface area contributed by atoms with Crippen molar-refractivity contribution in [3.8, 4) is 0 Å².